The van der Waals surface area contributed by atoms with Crippen molar-refractivity contribution in [1.82, 2.24) is 10.2 Å². The van der Waals surface area contributed by atoms with Crippen molar-refractivity contribution in [2.45, 2.75) is 6.92 Å². The van der Waals surface area contributed by atoms with Gasteiger partial charge in [-0.15, -0.1) is 0 Å². The van der Waals surface area contributed by atoms with Crippen molar-refractivity contribution >= 4 is 12.0 Å². The van der Waals surface area contributed by atoms with E-state index in [-0.39, 0.29) is 5.57 Å². The third-order valence-corrected chi connectivity index (χ3v) is 3.46. The summed E-state index contributed by atoms with van der Waals surface area (Å²) in [6, 6.07) is 13.5. The summed E-state index contributed by atoms with van der Waals surface area (Å²) in [4.78, 5) is 14.0. The van der Waals surface area contributed by atoms with Crippen molar-refractivity contribution in [2.75, 3.05) is 27.2 Å². The molecule has 5 heteroatoms. The summed E-state index contributed by atoms with van der Waals surface area (Å²) in [5, 5.41) is 11.9. The van der Waals surface area contributed by atoms with Gasteiger partial charge in [-0.3, -0.25) is 4.79 Å². The summed E-state index contributed by atoms with van der Waals surface area (Å²) in [5.74, 6) is 0.782. The number of carbonyl (C=O) groups excluding carboxylic acids is 1. The topological polar surface area (TPSA) is 69.3 Å². The maximum absolute atomic E-state index is 12.0. The van der Waals surface area contributed by atoms with Crippen LogP contribution in [0.5, 0.6) is 0 Å². The van der Waals surface area contributed by atoms with Crippen LogP contribution in [0, 0.1) is 18.3 Å². The van der Waals surface area contributed by atoms with E-state index < -0.39 is 5.91 Å². The van der Waals surface area contributed by atoms with Crippen LogP contribution in [0.3, 0.4) is 0 Å². The number of hydrogen-bond acceptors (Lipinski definition) is 4. The molecule has 1 amide bonds. The van der Waals surface area contributed by atoms with Crippen LogP contribution in [0.25, 0.3) is 17.4 Å². The van der Waals surface area contributed by atoms with Gasteiger partial charge in [-0.1, -0.05) is 29.8 Å². The maximum atomic E-state index is 12.0. The van der Waals surface area contributed by atoms with E-state index in [1.54, 1.807) is 6.07 Å². The van der Waals surface area contributed by atoms with E-state index in [1.165, 1.54) is 11.6 Å². The SMILES string of the molecule is Cc1ccc(-c2ccc(C=C(C#N)C(=O)NCCN(C)C)o2)cc1. The second-order valence-electron chi connectivity index (χ2n) is 5.80. The maximum Gasteiger partial charge on any atom is 0.262 e. The number of rotatable bonds is 6. The Balaban J connectivity index is 2.10. The molecule has 5 nitrogen and oxygen atoms in total. The molecule has 0 unspecified atom stereocenters. The van der Waals surface area contributed by atoms with Crippen LogP contribution in [-0.2, 0) is 4.79 Å². The molecule has 0 aliphatic heterocycles. The van der Waals surface area contributed by atoms with Gasteiger partial charge in [-0.25, -0.2) is 0 Å². The van der Waals surface area contributed by atoms with Gasteiger partial charge in [0.15, 0.2) is 0 Å². The number of benzene rings is 1. The minimum Gasteiger partial charge on any atom is -0.457 e. The highest BCUT2D eigenvalue weighted by atomic mass is 16.3. The Kier molecular flexibility index (Phi) is 5.94. The number of furan rings is 1. The summed E-state index contributed by atoms with van der Waals surface area (Å²) in [6.07, 6.45) is 1.46. The first-order valence-corrected chi connectivity index (χ1v) is 7.71. The summed E-state index contributed by atoms with van der Waals surface area (Å²) in [7, 11) is 3.84. The highest BCUT2D eigenvalue weighted by molar-refractivity contribution is 6.01. The number of hydrogen-bond donors (Lipinski definition) is 1. The molecule has 0 spiro atoms. The fraction of sp³-hybridized carbons (Fsp3) is 0.263. The number of aryl methyl sites for hydroxylation is 1. The van der Waals surface area contributed by atoms with Gasteiger partial charge in [0, 0.05) is 24.7 Å². The van der Waals surface area contributed by atoms with Crippen molar-refractivity contribution in [3.63, 3.8) is 0 Å². The zero-order valence-electron chi connectivity index (χ0n) is 14.2. The van der Waals surface area contributed by atoms with Gasteiger partial charge in [0.1, 0.15) is 23.2 Å². The monoisotopic (exact) mass is 323 g/mol. The lowest BCUT2D eigenvalue weighted by Crippen LogP contribution is -2.31. The number of nitrogens with one attached hydrogen (secondary N) is 1. The van der Waals surface area contributed by atoms with E-state index >= 15 is 0 Å². The van der Waals surface area contributed by atoms with Gasteiger partial charge in [0.2, 0.25) is 0 Å². The Hall–Kier alpha value is -2.84. The van der Waals surface area contributed by atoms with E-state index in [9.17, 15) is 10.1 Å². The van der Waals surface area contributed by atoms with Crippen LogP contribution < -0.4 is 5.32 Å². The highest BCUT2D eigenvalue weighted by Gasteiger charge is 2.10. The average molecular weight is 323 g/mol. The molecule has 0 radical (unpaired) electrons. The Morgan fingerprint density at radius 2 is 1.96 bits per heavy atom. The molecule has 0 fully saturated rings. The Bertz CT molecular complexity index is 765. The number of amides is 1. The third-order valence-electron chi connectivity index (χ3n) is 3.46. The fourth-order valence-electron chi connectivity index (χ4n) is 2.08. The lowest BCUT2D eigenvalue weighted by Gasteiger charge is -2.09. The number of likely N-dealkylation sites (N-methyl/N-ethyl adjacent to an activating group) is 1. The van der Waals surface area contributed by atoms with Crippen LogP contribution >= 0.6 is 0 Å². The molecular formula is C19H21N3O2. The molecule has 0 atom stereocenters. The predicted molar refractivity (Wildman–Crippen MR) is 94.0 cm³/mol. The minimum absolute atomic E-state index is 0.0264. The van der Waals surface area contributed by atoms with Crippen molar-refractivity contribution in [2.24, 2.45) is 0 Å². The molecule has 1 heterocycles. The largest absolute Gasteiger partial charge is 0.457 e. The molecule has 1 aromatic heterocycles. The Labute approximate surface area is 142 Å². The van der Waals surface area contributed by atoms with Crippen molar-refractivity contribution in [3.8, 4) is 17.4 Å². The van der Waals surface area contributed by atoms with Crippen molar-refractivity contribution < 1.29 is 9.21 Å². The van der Waals surface area contributed by atoms with Crippen molar-refractivity contribution in [1.29, 1.82) is 5.26 Å². The highest BCUT2D eigenvalue weighted by Crippen LogP contribution is 2.23. The lowest BCUT2D eigenvalue weighted by atomic mass is 10.1. The van der Waals surface area contributed by atoms with Gasteiger partial charge in [-0.05, 0) is 33.2 Å². The van der Waals surface area contributed by atoms with Crippen LogP contribution in [0.15, 0.2) is 46.4 Å². The Morgan fingerprint density at radius 1 is 1.25 bits per heavy atom. The van der Waals surface area contributed by atoms with Gasteiger partial charge in [-0.2, -0.15) is 5.26 Å². The first kappa shape index (κ1) is 17.5. The number of nitrogens with zero attached hydrogens (tertiary/aromatic N) is 2. The molecule has 1 aromatic carbocycles. The summed E-state index contributed by atoms with van der Waals surface area (Å²) in [6.45, 7) is 3.22. The standard InChI is InChI=1S/C19H21N3O2/c1-14-4-6-15(7-5-14)18-9-8-17(24-18)12-16(13-20)19(23)21-10-11-22(2)3/h4-9,12H,10-11H2,1-3H3,(H,21,23). The van der Waals surface area contributed by atoms with E-state index in [1.807, 2.05) is 62.3 Å². The molecule has 2 rings (SSSR count). The molecular weight excluding hydrogens is 302 g/mol. The molecule has 1 N–H and O–H groups in total. The second-order valence-corrected chi connectivity index (χ2v) is 5.80. The van der Waals surface area contributed by atoms with E-state index in [2.05, 4.69) is 5.32 Å². The van der Waals surface area contributed by atoms with Crippen LogP contribution in [0.4, 0.5) is 0 Å². The third kappa shape index (κ3) is 4.83. The summed E-state index contributed by atoms with van der Waals surface area (Å²) in [5.41, 5.74) is 2.15. The average Bonchev–Trinajstić information content (AvgIpc) is 3.01. The van der Waals surface area contributed by atoms with Crippen LogP contribution in [-0.4, -0.2) is 38.0 Å². The molecule has 24 heavy (non-hydrogen) atoms. The molecule has 0 aliphatic rings. The molecule has 2 aromatic rings. The zero-order chi connectivity index (χ0) is 17.5. The van der Waals surface area contributed by atoms with Gasteiger partial charge in [0.25, 0.3) is 5.91 Å². The second kappa shape index (κ2) is 8.14. The first-order chi connectivity index (χ1) is 11.5. The van der Waals surface area contributed by atoms with Gasteiger partial charge < -0.3 is 14.6 Å². The Morgan fingerprint density at radius 3 is 2.58 bits per heavy atom. The van der Waals surface area contributed by atoms with E-state index in [4.69, 9.17) is 4.42 Å². The zero-order valence-corrected chi connectivity index (χ0v) is 14.2. The summed E-state index contributed by atoms with van der Waals surface area (Å²) >= 11 is 0. The van der Waals surface area contributed by atoms with Gasteiger partial charge >= 0.3 is 0 Å². The molecule has 124 valence electrons. The fourth-order valence-corrected chi connectivity index (χ4v) is 2.08. The van der Waals surface area contributed by atoms with Crippen LogP contribution in [0.2, 0.25) is 0 Å². The first-order valence-electron chi connectivity index (χ1n) is 7.71. The van der Waals surface area contributed by atoms with Crippen molar-refractivity contribution in [3.05, 3.63) is 53.3 Å². The molecule has 0 bridgehead atoms. The molecule has 0 saturated carbocycles. The lowest BCUT2D eigenvalue weighted by molar-refractivity contribution is -0.117. The normalized spacial score (nSPS) is 11.4. The number of nitriles is 1. The summed E-state index contributed by atoms with van der Waals surface area (Å²) < 4.78 is 5.72. The van der Waals surface area contributed by atoms with Crippen LogP contribution in [0.1, 0.15) is 11.3 Å². The predicted octanol–water partition coefficient (Wildman–Crippen LogP) is 2.84. The van der Waals surface area contributed by atoms with E-state index in [0.29, 0.717) is 24.6 Å². The van der Waals surface area contributed by atoms with Gasteiger partial charge in [0.05, 0.1) is 0 Å². The molecule has 0 saturated heterocycles. The molecule has 0 aliphatic carbocycles. The smallest absolute Gasteiger partial charge is 0.262 e. The van der Waals surface area contributed by atoms with E-state index in [0.717, 1.165) is 5.56 Å². The minimum atomic E-state index is -0.396. The number of carbonyl (C=O) groups is 1. The quantitative estimate of drug-likeness (QED) is 0.655.